The molecule has 6 heteroatoms. The lowest BCUT2D eigenvalue weighted by Gasteiger charge is -2.16. The van der Waals surface area contributed by atoms with Crippen LogP contribution in [0.1, 0.15) is 25.5 Å². The Kier molecular flexibility index (Phi) is 4.93. The number of carbonyl (C=O) groups excluding carboxylic acids is 1. The van der Waals surface area contributed by atoms with Crippen molar-refractivity contribution >= 4 is 29.0 Å². The lowest BCUT2D eigenvalue weighted by Crippen LogP contribution is -2.33. The van der Waals surface area contributed by atoms with Gasteiger partial charge in [-0.2, -0.15) is 0 Å². The van der Waals surface area contributed by atoms with Gasteiger partial charge < -0.3 is 5.32 Å². The molecule has 2 aromatic rings. The average molecular weight is 293 g/mol. The highest BCUT2D eigenvalue weighted by Gasteiger charge is 2.18. The average Bonchev–Trinajstić information content (AvgIpc) is 2.92. The van der Waals surface area contributed by atoms with Crippen molar-refractivity contribution in [3.63, 3.8) is 0 Å². The van der Waals surface area contributed by atoms with Gasteiger partial charge in [-0.3, -0.25) is 4.79 Å². The molecule has 2 rings (SSSR count). The highest BCUT2D eigenvalue weighted by atomic mass is 32.2. The summed E-state index contributed by atoms with van der Waals surface area (Å²) in [4.78, 5) is 12.1. The Hall–Kier alpha value is -1.40. The van der Waals surface area contributed by atoms with Crippen molar-refractivity contribution in [2.24, 2.45) is 0 Å². The Morgan fingerprint density at radius 1 is 1.32 bits per heavy atom. The predicted molar refractivity (Wildman–Crippen MR) is 78.2 cm³/mol. The number of nitrogens with one attached hydrogen (secondary N) is 1. The van der Waals surface area contributed by atoms with Crippen LogP contribution in [0.5, 0.6) is 0 Å². The van der Waals surface area contributed by atoms with Crippen LogP contribution in [0.15, 0.2) is 40.2 Å². The number of amides is 1. The molecule has 2 atom stereocenters. The van der Waals surface area contributed by atoms with Gasteiger partial charge in [0.15, 0.2) is 4.34 Å². The number of nitrogens with zero attached hydrogens (tertiary/aromatic N) is 2. The van der Waals surface area contributed by atoms with Crippen LogP contribution in [-0.2, 0) is 4.79 Å². The Morgan fingerprint density at radius 2 is 2.05 bits per heavy atom. The van der Waals surface area contributed by atoms with Gasteiger partial charge in [-0.1, -0.05) is 53.4 Å². The van der Waals surface area contributed by atoms with Gasteiger partial charge in [-0.15, -0.1) is 10.2 Å². The van der Waals surface area contributed by atoms with Gasteiger partial charge >= 0.3 is 0 Å². The number of rotatable bonds is 5. The first-order valence-electron chi connectivity index (χ1n) is 5.95. The maximum absolute atomic E-state index is 12.1. The minimum atomic E-state index is -0.181. The molecule has 0 aliphatic rings. The molecule has 0 saturated carbocycles. The third kappa shape index (κ3) is 4.04. The molecule has 0 aliphatic heterocycles. The number of aromatic nitrogens is 2. The number of thioether (sulfide) groups is 1. The van der Waals surface area contributed by atoms with Gasteiger partial charge in [0.1, 0.15) is 5.51 Å². The third-order valence-electron chi connectivity index (χ3n) is 2.65. The molecule has 1 aromatic heterocycles. The first-order valence-corrected chi connectivity index (χ1v) is 7.71. The molecule has 0 radical (unpaired) electrons. The van der Waals surface area contributed by atoms with E-state index in [0.717, 1.165) is 9.90 Å². The van der Waals surface area contributed by atoms with E-state index in [1.54, 1.807) is 5.51 Å². The Morgan fingerprint density at radius 3 is 2.68 bits per heavy atom. The highest BCUT2D eigenvalue weighted by Crippen LogP contribution is 2.24. The fourth-order valence-electron chi connectivity index (χ4n) is 1.57. The van der Waals surface area contributed by atoms with Crippen molar-refractivity contribution in [3.05, 3.63) is 41.4 Å². The summed E-state index contributed by atoms with van der Waals surface area (Å²) in [6.07, 6.45) is 0. The quantitative estimate of drug-likeness (QED) is 0.861. The number of hydrogen-bond acceptors (Lipinski definition) is 5. The Balaban J connectivity index is 1.90. The Labute approximate surface area is 120 Å². The molecule has 19 heavy (non-hydrogen) atoms. The lowest BCUT2D eigenvalue weighted by molar-refractivity contribution is -0.120. The molecule has 1 aromatic carbocycles. The van der Waals surface area contributed by atoms with Crippen molar-refractivity contribution in [3.8, 4) is 0 Å². The van der Waals surface area contributed by atoms with Gasteiger partial charge in [0, 0.05) is 0 Å². The zero-order valence-corrected chi connectivity index (χ0v) is 12.4. The van der Waals surface area contributed by atoms with E-state index in [9.17, 15) is 4.79 Å². The third-order valence-corrected chi connectivity index (χ3v) is 4.56. The molecule has 2 unspecified atom stereocenters. The van der Waals surface area contributed by atoms with Crippen LogP contribution < -0.4 is 5.32 Å². The van der Waals surface area contributed by atoms with Gasteiger partial charge in [-0.05, 0) is 19.4 Å². The molecule has 0 fully saturated rings. The number of benzene rings is 1. The first kappa shape index (κ1) is 14.0. The fraction of sp³-hybridized carbons (Fsp3) is 0.308. The molecular weight excluding hydrogens is 278 g/mol. The smallest absolute Gasteiger partial charge is 0.233 e. The summed E-state index contributed by atoms with van der Waals surface area (Å²) in [7, 11) is 0. The van der Waals surface area contributed by atoms with Crippen LogP contribution in [0.2, 0.25) is 0 Å². The second kappa shape index (κ2) is 6.68. The van der Waals surface area contributed by atoms with E-state index in [1.807, 2.05) is 44.2 Å². The van der Waals surface area contributed by atoms with E-state index in [1.165, 1.54) is 23.1 Å². The van der Waals surface area contributed by atoms with Gasteiger partial charge in [0.25, 0.3) is 0 Å². The molecule has 100 valence electrons. The molecule has 4 nitrogen and oxygen atoms in total. The SMILES string of the molecule is CC(Sc1nncs1)C(=O)NC(C)c1ccccc1. The molecule has 0 bridgehead atoms. The number of carbonyl (C=O) groups is 1. The Bertz CT molecular complexity index is 516. The minimum absolute atomic E-state index is 0.00571. The van der Waals surface area contributed by atoms with Gasteiger partial charge in [0.05, 0.1) is 11.3 Å². The summed E-state index contributed by atoms with van der Waals surface area (Å²) in [5.74, 6) is 0.0107. The van der Waals surface area contributed by atoms with E-state index in [-0.39, 0.29) is 17.2 Å². The van der Waals surface area contributed by atoms with Crippen molar-refractivity contribution in [2.75, 3.05) is 0 Å². The van der Waals surface area contributed by atoms with Crippen LogP contribution in [0, 0.1) is 0 Å². The van der Waals surface area contributed by atoms with Crippen molar-refractivity contribution in [1.82, 2.24) is 15.5 Å². The van der Waals surface area contributed by atoms with Crippen molar-refractivity contribution < 1.29 is 4.79 Å². The summed E-state index contributed by atoms with van der Waals surface area (Å²) in [5, 5.41) is 10.5. The molecule has 1 N–H and O–H groups in total. The zero-order valence-electron chi connectivity index (χ0n) is 10.7. The molecular formula is C13H15N3OS2. The standard InChI is InChI=1S/C13H15N3OS2/c1-9(11-6-4-3-5-7-11)15-12(17)10(2)19-13-16-14-8-18-13/h3-10H,1-2H3,(H,15,17). The molecule has 0 spiro atoms. The second-order valence-corrected chi connectivity index (χ2v) is 6.53. The summed E-state index contributed by atoms with van der Waals surface area (Å²) in [6, 6.07) is 9.92. The molecule has 1 heterocycles. The summed E-state index contributed by atoms with van der Waals surface area (Å²) in [6.45, 7) is 3.86. The van der Waals surface area contributed by atoms with E-state index >= 15 is 0 Å². The zero-order chi connectivity index (χ0) is 13.7. The maximum Gasteiger partial charge on any atom is 0.233 e. The van der Waals surface area contributed by atoms with Crippen LogP contribution in [0.3, 0.4) is 0 Å². The summed E-state index contributed by atoms with van der Waals surface area (Å²) >= 11 is 2.87. The van der Waals surface area contributed by atoms with Gasteiger partial charge in [-0.25, -0.2) is 0 Å². The van der Waals surface area contributed by atoms with Gasteiger partial charge in [0.2, 0.25) is 5.91 Å². The summed E-state index contributed by atoms with van der Waals surface area (Å²) < 4.78 is 0.815. The highest BCUT2D eigenvalue weighted by molar-refractivity contribution is 8.02. The minimum Gasteiger partial charge on any atom is -0.349 e. The van der Waals surface area contributed by atoms with E-state index in [2.05, 4.69) is 15.5 Å². The van der Waals surface area contributed by atoms with Crippen molar-refractivity contribution in [2.45, 2.75) is 29.5 Å². The summed E-state index contributed by atoms with van der Waals surface area (Å²) in [5.41, 5.74) is 2.77. The molecule has 0 aliphatic carbocycles. The predicted octanol–water partition coefficient (Wildman–Crippen LogP) is 2.90. The maximum atomic E-state index is 12.1. The van der Waals surface area contributed by atoms with E-state index < -0.39 is 0 Å². The van der Waals surface area contributed by atoms with Crippen LogP contribution >= 0.6 is 23.1 Å². The van der Waals surface area contributed by atoms with Crippen LogP contribution in [0.4, 0.5) is 0 Å². The van der Waals surface area contributed by atoms with Crippen LogP contribution in [0.25, 0.3) is 0 Å². The number of hydrogen-bond donors (Lipinski definition) is 1. The second-order valence-electron chi connectivity index (χ2n) is 4.11. The monoisotopic (exact) mass is 293 g/mol. The van der Waals surface area contributed by atoms with E-state index in [4.69, 9.17) is 0 Å². The normalized spacial score (nSPS) is 13.8. The van der Waals surface area contributed by atoms with Crippen LogP contribution in [-0.4, -0.2) is 21.4 Å². The van der Waals surface area contributed by atoms with E-state index in [0.29, 0.717) is 0 Å². The molecule has 1 amide bonds. The first-order chi connectivity index (χ1) is 9.16. The molecule has 0 saturated heterocycles. The fourth-order valence-corrected chi connectivity index (χ4v) is 3.21. The largest absolute Gasteiger partial charge is 0.349 e. The van der Waals surface area contributed by atoms with Crippen molar-refractivity contribution in [1.29, 1.82) is 0 Å². The topological polar surface area (TPSA) is 54.9 Å². The lowest BCUT2D eigenvalue weighted by atomic mass is 10.1.